The molecule has 0 saturated heterocycles. The van der Waals surface area contributed by atoms with Crippen molar-refractivity contribution in [3.8, 4) is 0 Å². The van der Waals surface area contributed by atoms with Crippen molar-refractivity contribution in [1.29, 1.82) is 0 Å². The Bertz CT molecular complexity index is 501. The lowest BCUT2D eigenvalue weighted by Gasteiger charge is -2.17. The van der Waals surface area contributed by atoms with Crippen molar-refractivity contribution in [2.24, 2.45) is 0 Å². The van der Waals surface area contributed by atoms with Crippen molar-refractivity contribution in [3.63, 3.8) is 0 Å². The molecule has 0 aromatic carbocycles. The number of nitrogens with one attached hydrogen (secondary N) is 1. The molecule has 1 unspecified atom stereocenters. The van der Waals surface area contributed by atoms with Gasteiger partial charge in [-0.05, 0) is 43.5 Å². The number of thiophene rings is 2. The lowest BCUT2D eigenvalue weighted by atomic mass is 10.1. The van der Waals surface area contributed by atoms with E-state index < -0.39 is 0 Å². The average Bonchev–Trinajstić information content (AvgIpc) is 2.82. The first-order valence-electron chi connectivity index (χ1n) is 5.66. The zero-order valence-electron chi connectivity index (χ0n) is 10.2. The first-order valence-corrected chi connectivity index (χ1v) is 7.74. The first kappa shape index (κ1) is 13.1. The molecule has 0 radical (unpaired) electrons. The number of hydrogen-bond acceptors (Lipinski definition) is 3. The Balaban J connectivity index is 2.42. The molecule has 2 heterocycles. The van der Waals surface area contributed by atoms with Gasteiger partial charge in [0, 0.05) is 14.6 Å². The Hall–Kier alpha value is -0.350. The van der Waals surface area contributed by atoms with Crippen molar-refractivity contribution in [3.05, 3.63) is 42.7 Å². The summed E-state index contributed by atoms with van der Waals surface area (Å²) in [6.45, 7) is 7.40. The van der Waals surface area contributed by atoms with Crippen LogP contribution in [0, 0.1) is 13.8 Å². The van der Waals surface area contributed by atoms with Crippen LogP contribution in [-0.4, -0.2) is 6.54 Å². The summed E-state index contributed by atoms with van der Waals surface area (Å²) in [4.78, 5) is 3.94. The zero-order valence-corrected chi connectivity index (χ0v) is 12.6. The summed E-state index contributed by atoms with van der Waals surface area (Å²) in [5.74, 6) is 0. The second-order valence-corrected chi connectivity index (χ2v) is 6.81. The molecular weight excluding hydrogens is 270 g/mol. The SMILES string of the molecule is CCNC(c1cc(C)sc1C)c1sccc1Cl. The third kappa shape index (κ3) is 2.74. The molecule has 2 rings (SSSR count). The lowest BCUT2D eigenvalue weighted by molar-refractivity contribution is 0.639. The fraction of sp³-hybridized carbons (Fsp3) is 0.385. The molecule has 17 heavy (non-hydrogen) atoms. The van der Waals surface area contributed by atoms with E-state index in [0.29, 0.717) is 0 Å². The van der Waals surface area contributed by atoms with Crippen molar-refractivity contribution < 1.29 is 0 Å². The van der Waals surface area contributed by atoms with E-state index in [-0.39, 0.29) is 6.04 Å². The summed E-state index contributed by atoms with van der Waals surface area (Å²) in [7, 11) is 0. The van der Waals surface area contributed by atoms with Crippen molar-refractivity contribution in [2.75, 3.05) is 6.54 Å². The highest BCUT2D eigenvalue weighted by atomic mass is 35.5. The third-order valence-corrected chi connectivity index (χ3v) is 5.11. The Labute approximate surface area is 115 Å². The molecule has 0 saturated carbocycles. The van der Waals surface area contributed by atoms with Gasteiger partial charge in [0.2, 0.25) is 0 Å². The molecule has 1 N–H and O–H groups in total. The van der Waals surface area contributed by atoms with Crippen LogP contribution in [0.5, 0.6) is 0 Å². The summed E-state index contributed by atoms with van der Waals surface area (Å²) in [5.41, 5.74) is 1.36. The molecule has 0 aliphatic heterocycles. The van der Waals surface area contributed by atoms with Crippen LogP contribution in [0.25, 0.3) is 0 Å². The summed E-state index contributed by atoms with van der Waals surface area (Å²) < 4.78 is 0. The highest BCUT2D eigenvalue weighted by Crippen LogP contribution is 2.36. The van der Waals surface area contributed by atoms with E-state index in [4.69, 9.17) is 11.6 Å². The Morgan fingerprint density at radius 3 is 2.65 bits per heavy atom. The summed E-state index contributed by atoms with van der Waals surface area (Å²) >= 11 is 9.82. The van der Waals surface area contributed by atoms with Crippen LogP contribution in [0.3, 0.4) is 0 Å². The van der Waals surface area contributed by atoms with E-state index in [1.165, 1.54) is 20.2 Å². The minimum Gasteiger partial charge on any atom is -0.306 e. The Morgan fingerprint density at radius 2 is 2.18 bits per heavy atom. The van der Waals surface area contributed by atoms with Crippen LogP contribution >= 0.6 is 34.3 Å². The monoisotopic (exact) mass is 285 g/mol. The van der Waals surface area contributed by atoms with Gasteiger partial charge in [-0.15, -0.1) is 22.7 Å². The molecule has 4 heteroatoms. The van der Waals surface area contributed by atoms with Crippen LogP contribution in [0.1, 0.15) is 33.2 Å². The van der Waals surface area contributed by atoms with Crippen molar-refractivity contribution in [1.82, 2.24) is 5.32 Å². The highest BCUT2D eigenvalue weighted by Gasteiger charge is 2.20. The molecule has 0 spiro atoms. The molecule has 0 bridgehead atoms. The smallest absolute Gasteiger partial charge is 0.0696 e. The van der Waals surface area contributed by atoms with Gasteiger partial charge in [0.25, 0.3) is 0 Å². The fourth-order valence-corrected chi connectivity index (χ4v) is 4.22. The van der Waals surface area contributed by atoms with Gasteiger partial charge in [0.15, 0.2) is 0 Å². The average molecular weight is 286 g/mol. The third-order valence-electron chi connectivity index (χ3n) is 2.71. The van der Waals surface area contributed by atoms with Gasteiger partial charge in [-0.3, -0.25) is 0 Å². The minimum absolute atomic E-state index is 0.234. The van der Waals surface area contributed by atoms with E-state index in [0.717, 1.165) is 11.6 Å². The topological polar surface area (TPSA) is 12.0 Å². The van der Waals surface area contributed by atoms with Gasteiger partial charge in [0.1, 0.15) is 0 Å². The van der Waals surface area contributed by atoms with Gasteiger partial charge >= 0.3 is 0 Å². The number of rotatable bonds is 4. The van der Waals surface area contributed by atoms with Crippen LogP contribution < -0.4 is 5.32 Å². The van der Waals surface area contributed by atoms with E-state index in [1.54, 1.807) is 11.3 Å². The largest absolute Gasteiger partial charge is 0.306 e. The Morgan fingerprint density at radius 1 is 1.41 bits per heavy atom. The molecule has 2 aromatic rings. The van der Waals surface area contributed by atoms with Crippen LogP contribution in [0.2, 0.25) is 5.02 Å². The second kappa shape index (κ2) is 5.53. The van der Waals surface area contributed by atoms with Gasteiger partial charge in [-0.25, -0.2) is 0 Å². The molecule has 92 valence electrons. The van der Waals surface area contributed by atoms with Crippen LogP contribution in [0.4, 0.5) is 0 Å². The van der Waals surface area contributed by atoms with E-state index in [2.05, 4.69) is 37.5 Å². The molecule has 0 amide bonds. The van der Waals surface area contributed by atoms with E-state index >= 15 is 0 Å². The summed E-state index contributed by atoms with van der Waals surface area (Å²) in [6, 6.07) is 4.47. The normalized spacial score (nSPS) is 12.9. The zero-order chi connectivity index (χ0) is 12.4. The number of aryl methyl sites for hydroxylation is 2. The number of halogens is 1. The van der Waals surface area contributed by atoms with Gasteiger partial charge in [-0.1, -0.05) is 18.5 Å². The summed E-state index contributed by atoms with van der Waals surface area (Å²) in [5, 5.41) is 6.45. The fourth-order valence-electron chi connectivity index (χ4n) is 2.00. The molecule has 0 fully saturated rings. The maximum atomic E-state index is 6.25. The van der Waals surface area contributed by atoms with E-state index in [9.17, 15) is 0 Å². The molecular formula is C13H16ClNS2. The predicted molar refractivity (Wildman–Crippen MR) is 78.6 cm³/mol. The standard InChI is InChI=1S/C13H16ClNS2/c1-4-15-12(13-11(14)5-6-16-13)10-7-8(2)17-9(10)3/h5-7,12,15H,4H2,1-3H3. The van der Waals surface area contributed by atoms with E-state index in [1.807, 2.05) is 17.4 Å². The molecule has 0 aliphatic carbocycles. The molecule has 0 aliphatic rings. The van der Waals surface area contributed by atoms with Crippen molar-refractivity contribution >= 4 is 34.3 Å². The second-order valence-electron chi connectivity index (χ2n) is 3.99. The van der Waals surface area contributed by atoms with Gasteiger partial charge in [0.05, 0.1) is 11.1 Å². The van der Waals surface area contributed by atoms with Crippen LogP contribution in [-0.2, 0) is 0 Å². The predicted octanol–water partition coefficient (Wildman–Crippen LogP) is 4.78. The maximum Gasteiger partial charge on any atom is 0.0696 e. The molecule has 1 nitrogen and oxygen atoms in total. The van der Waals surface area contributed by atoms with Gasteiger partial charge in [-0.2, -0.15) is 0 Å². The molecule has 2 aromatic heterocycles. The number of hydrogen-bond donors (Lipinski definition) is 1. The Kier molecular flexibility index (Phi) is 4.26. The quantitative estimate of drug-likeness (QED) is 0.852. The van der Waals surface area contributed by atoms with Gasteiger partial charge < -0.3 is 5.32 Å². The first-order chi connectivity index (χ1) is 8.13. The minimum atomic E-state index is 0.234. The maximum absolute atomic E-state index is 6.25. The van der Waals surface area contributed by atoms with Crippen molar-refractivity contribution in [2.45, 2.75) is 26.8 Å². The van der Waals surface area contributed by atoms with Crippen LogP contribution in [0.15, 0.2) is 17.5 Å². The lowest BCUT2D eigenvalue weighted by Crippen LogP contribution is -2.21. The molecule has 1 atom stereocenters. The summed E-state index contributed by atoms with van der Waals surface area (Å²) in [6.07, 6.45) is 0. The highest BCUT2D eigenvalue weighted by molar-refractivity contribution is 7.12.